The molecule has 0 radical (unpaired) electrons. The maximum Gasteiger partial charge on any atom is 0.269 e. The molecule has 0 saturated carbocycles. The van der Waals surface area contributed by atoms with Crippen molar-refractivity contribution in [2.45, 2.75) is 0 Å². The Hall–Kier alpha value is -3.45. The average Bonchev–Trinajstić information content (AvgIpc) is 3.21. The number of aromatic nitrogens is 1. The van der Waals surface area contributed by atoms with E-state index in [0.717, 1.165) is 4.88 Å². The zero-order chi connectivity index (χ0) is 19.1. The lowest BCUT2D eigenvalue weighted by Crippen LogP contribution is -2.18. The number of hydrogen-bond acceptors (Lipinski definition) is 5. The monoisotopic (exact) mass is 379 g/mol. The van der Waals surface area contributed by atoms with Gasteiger partial charge >= 0.3 is 0 Å². The predicted molar refractivity (Wildman–Crippen MR) is 106 cm³/mol. The molecule has 0 atom stereocenters. The lowest BCUT2D eigenvalue weighted by molar-refractivity contribution is -0.111. The molecule has 27 heavy (non-hydrogen) atoms. The first-order valence-electron chi connectivity index (χ1n) is 8.12. The number of carbonyl (C=O) groups excluding carboxylic acids is 2. The van der Waals surface area contributed by atoms with E-state index in [4.69, 9.17) is 4.74 Å². The summed E-state index contributed by atoms with van der Waals surface area (Å²) < 4.78 is 5.72. The molecule has 7 heteroatoms. The average molecular weight is 379 g/mol. The van der Waals surface area contributed by atoms with Crippen LogP contribution in [0.3, 0.4) is 0 Å². The lowest BCUT2D eigenvalue weighted by atomic mass is 10.3. The van der Waals surface area contributed by atoms with Crippen molar-refractivity contribution < 1.29 is 14.3 Å². The molecular formula is C20H17N3O3S. The van der Waals surface area contributed by atoms with E-state index in [2.05, 4.69) is 15.6 Å². The van der Waals surface area contributed by atoms with Gasteiger partial charge in [0.05, 0.1) is 0 Å². The molecule has 2 aromatic heterocycles. The number of nitrogens with one attached hydrogen (secondary N) is 2. The molecule has 0 fully saturated rings. The van der Waals surface area contributed by atoms with Crippen LogP contribution in [0.4, 0.5) is 5.69 Å². The Labute approximate surface area is 160 Å². The number of pyridine rings is 1. The highest BCUT2D eigenvalue weighted by Crippen LogP contribution is 2.23. The first kappa shape index (κ1) is 18.3. The number of ether oxygens (including phenoxy) is 1. The molecule has 0 unspecified atom stereocenters. The summed E-state index contributed by atoms with van der Waals surface area (Å²) in [6.45, 7) is 0. The molecule has 3 aromatic rings. The van der Waals surface area contributed by atoms with Crippen LogP contribution in [0.15, 0.2) is 66.2 Å². The first-order chi connectivity index (χ1) is 13.1. The highest BCUT2D eigenvalue weighted by atomic mass is 32.1. The van der Waals surface area contributed by atoms with Gasteiger partial charge in [-0.15, -0.1) is 11.3 Å². The van der Waals surface area contributed by atoms with Gasteiger partial charge in [-0.05, 0) is 47.9 Å². The third-order valence-corrected chi connectivity index (χ3v) is 4.33. The van der Waals surface area contributed by atoms with Crippen LogP contribution in [0.25, 0.3) is 6.08 Å². The fourth-order valence-electron chi connectivity index (χ4n) is 2.20. The van der Waals surface area contributed by atoms with Gasteiger partial charge in [0, 0.05) is 36.0 Å². The van der Waals surface area contributed by atoms with Gasteiger partial charge < -0.3 is 15.4 Å². The Kier molecular flexibility index (Phi) is 5.96. The van der Waals surface area contributed by atoms with Gasteiger partial charge in [-0.3, -0.25) is 14.6 Å². The van der Waals surface area contributed by atoms with E-state index in [0.29, 0.717) is 17.2 Å². The van der Waals surface area contributed by atoms with E-state index in [1.54, 1.807) is 60.9 Å². The van der Waals surface area contributed by atoms with E-state index in [1.807, 2.05) is 17.5 Å². The maximum absolute atomic E-state index is 11.9. The number of hydrogen-bond donors (Lipinski definition) is 2. The predicted octanol–water partition coefficient (Wildman–Crippen LogP) is 3.95. The van der Waals surface area contributed by atoms with Crippen LogP contribution in [-0.4, -0.2) is 23.8 Å². The topological polar surface area (TPSA) is 80.3 Å². The van der Waals surface area contributed by atoms with Crippen molar-refractivity contribution in [3.05, 3.63) is 76.8 Å². The normalized spacial score (nSPS) is 10.6. The van der Waals surface area contributed by atoms with Crippen LogP contribution in [0.5, 0.6) is 11.5 Å². The van der Waals surface area contributed by atoms with Crippen molar-refractivity contribution >= 4 is 34.9 Å². The quantitative estimate of drug-likeness (QED) is 0.636. The van der Waals surface area contributed by atoms with Gasteiger partial charge in [0.1, 0.15) is 17.2 Å². The second kappa shape index (κ2) is 8.77. The summed E-state index contributed by atoms with van der Waals surface area (Å²) in [7, 11) is 1.54. The third kappa shape index (κ3) is 5.26. The van der Waals surface area contributed by atoms with Crippen LogP contribution in [0, 0.1) is 0 Å². The molecular weight excluding hydrogens is 362 g/mol. The largest absolute Gasteiger partial charge is 0.457 e. The smallest absolute Gasteiger partial charge is 0.269 e. The van der Waals surface area contributed by atoms with E-state index < -0.39 is 0 Å². The van der Waals surface area contributed by atoms with Crippen molar-refractivity contribution in [2.75, 3.05) is 12.4 Å². The molecule has 1 aromatic carbocycles. The summed E-state index contributed by atoms with van der Waals surface area (Å²) in [5, 5.41) is 7.26. The van der Waals surface area contributed by atoms with Crippen LogP contribution < -0.4 is 15.4 Å². The minimum Gasteiger partial charge on any atom is -0.457 e. The second-order valence-electron chi connectivity index (χ2n) is 5.42. The fraction of sp³-hybridized carbons (Fsp3) is 0.0500. The Morgan fingerprint density at radius 2 is 1.93 bits per heavy atom. The van der Waals surface area contributed by atoms with Gasteiger partial charge in [0.2, 0.25) is 5.91 Å². The van der Waals surface area contributed by atoms with E-state index in [-0.39, 0.29) is 17.5 Å². The van der Waals surface area contributed by atoms with Gasteiger partial charge in [0.25, 0.3) is 5.91 Å². The Morgan fingerprint density at radius 3 is 2.63 bits per heavy atom. The Balaban J connectivity index is 1.60. The zero-order valence-corrected chi connectivity index (χ0v) is 15.3. The molecule has 6 nitrogen and oxygen atoms in total. The van der Waals surface area contributed by atoms with Crippen molar-refractivity contribution in [1.29, 1.82) is 0 Å². The van der Waals surface area contributed by atoms with Crippen molar-refractivity contribution in [1.82, 2.24) is 10.3 Å². The maximum atomic E-state index is 11.9. The first-order valence-corrected chi connectivity index (χ1v) is 9.00. The molecule has 2 amide bonds. The molecule has 3 rings (SSSR count). The standard InChI is InChI=1S/C20H17N3O3S/c1-21-20(25)18-13-16(10-11-22-18)26-15-6-4-14(5-7-15)23-19(24)9-8-17-3-2-12-27-17/h2-13H,1H3,(H,21,25)(H,23,24)/b9-8+. The molecule has 0 aliphatic heterocycles. The van der Waals surface area contributed by atoms with Crippen LogP contribution in [0.1, 0.15) is 15.4 Å². The van der Waals surface area contributed by atoms with E-state index >= 15 is 0 Å². The lowest BCUT2D eigenvalue weighted by Gasteiger charge is -2.08. The fourth-order valence-corrected chi connectivity index (χ4v) is 2.82. The van der Waals surface area contributed by atoms with Gasteiger partial charge in [-0.2, -0.15) is 0 Å². The molecule has 0 bridgehead atoms. The molecule has 136 valence electrons. The summed E-state index contributed by atoms with van der Waals surface area (Å²) in [6.07, 6.45) is 4.77. The number of amides is 2. The van der Waals surface area contributed by atoms with Crippen molar-refractivity contribution in [2.24, 2.45) is 0 Å². The summed E-state index contributed by atoms with van der Waals surface area (Å²) in [5.74, 6) is 0.589. The van der Waals surface area contributed by atoms with Gasteiger partial charge in [-0.1, -0.05) is 6.07 Å². The molecule has 0 saturated heterocycles. The molecule has 2 heterocycles. The van der Waals surface area contributed by atoms with Crippen LogP contribution in [0.2, 0.25) is 0 Å². The number of carbonyl (C=O) groups is 2. The third-order valence-electron chi connectivity index (χ3n) is 3.49. The van der Waals surface area contributed by atoms with Gasteiger partial charge in [-0.25, -0.2) is 0 Å². The molecule has 0 aliphatic rings. The SMILES string of the molecule is CNC(=O)c1cc(Oc2ccc(NC(=O)/C=C/c3cccs3)cc2)ccn1. The Bertz CT molecular complexity index is 951. The number of anilines is 1. The highest BCUT2D eigenvalue weighted by Gasteiger charge is 2.07. The summed E-state index contributed by atoms with van der Waals surface area (Å²) in [6, 6.07) is 14.1. The Morgan fingerprint density at radius 1 is 1.11 bits per heavy atom. The van der Waals surface area contributed by atoms with E-state index in [9.17, 15) is 9.59 Å². The molecule has 2 N–H and O–H groups in total. The minimum absolute atomic E-state index is 0.207. The van der Waals surface area contributed by atoms with Crippen LogP contribution >= 0.6 is 11.3 Å². The molecule has 0 spiro atoms. The highest BCUT2D eigenvalue weighted by molar-refractivity contribution is 7.10. The number of benzene rings is 1. The minimum atomic E-state index is -0.283. The number of thiophene rings is 1. The second-order valence-corrected chi connectivity index (χ2v) is 6.40. The van der Waals surface area contributed by atoms with Crippen LogP contribution in [-0.2, 0) is 4.79 Å². The van der Waals surface area contributed by atoms with E-state index in [1.165, 1.54) is 12.3 Å². The summed E-state index contributed by atoms with van der Waals surface area (Å²) in [4.78, 5) is 28.6. The van der Waals surface area contributed by atoms with Crippen molar-refractivity contribution in [3.63, 3.8) is 0 Å². The van der Waals surface area contributed by atoms with Crippen molar-refractivity contribution in [3.8, 4) is 11.5 Å². The number of rotatable bonds is 6. The molecule has 0 aliphatic carbocycles. The summed E-state index contributed by atoms with van der Waals surface area (Å²) in [5.41, 5.74) is 0.931. The number of nitrogens with zero attached hydrogens (tertiary/aromatic N) is 1. The zero-order valence-electron chi connectivity index (χ0n) is 14.5. The van der Waals surface area contributed by atoms with Gasteiger partial charge in [0.15, 0.2) is 0 Å². The summed E-state index contributed by atoms with van der Waals surface area (Å²) >= 11 is 1.57.